The van der Waals surface area contributed by atoms with E-state index >= 15 is 0 Å². The predicted molar refractivity (Wildman–Crippen MR) is 62.2 cm³/mol. The van der Waals surface area contributed by atoms with Crippen molar-refractivity contribution < 1.29 is 4.39 Å². The molecule has 14 heavy (non-hydrogen) atoms. The van der Waals surface area contributed by atoms with Crippen LogP contribution in [-0.4, -0.2) is 0 Å². The van der Waals surface area contributed by atoms with Gasteiger partial charge < -0.3 is 0 Å². The second-order valence-electron chi connectivity index (χ2n) is 3.03. The second kappa shape index (κ2) is 3.83. The highest BCUT2D eigenvalue weighted by molar-refractivity contribution is 9.10. The molecule has 0 radical (unpaired) electrons. The van der Waals surface area contributed by atoms with Crippen LogP contribution in [0, 0.1) is 12.7 Å². The zero-order valence-corrected chi connectivity index (χ0v) is 9.95. The van der Waals surface area contributed by atoms with Crippen LogP contribution in [0.4, 0.5) is 4.39 Å². The summed E-state index contributed by atoms with van der Waals surface area (Å²) in [6, 6.07) is 8.68. The molecule has 0 spiro atoms. The topological polar surface area (TPSA) is 0 Å². The van der Waals surface area contributed by atoms with Gasteiger partial charge in [0.25, 0.3) is 0 Å². The molecule has 2 rings (SSSR count). The van der Waals surface area contributed by atoms with Crippen LogP contribution in [0.25, 0.3) is 10.4 Å². The Morgan fingerprint density at radius 2 is 2.07 bits per heavy atom. The third-order valence-electron chi connectivity index (χ3n) is 1.97. The number of aryl methyl sites for hydroxylation is 1. The molecular formula is C11H8BrFS. The van der Waals surface area contributed by atoms with Crippen LogP contribution in [0.5, 0.6) is 0 Å². The lowest BCUT2D eigenvalue weighted by Crippen LogP contribution is -1.74. The summed E-state index contributed by atoms with van der Waals surface area (Å²) < 4.78 is 14.0. The van der Waals surface area contributed by atoms with Crippen LogP contribution < -0.4 is 0 Å². The van der Waals surface area contributed by atoms with Gasteiger partial charge in [0.05, 0.1) is 0 Å². The highest BCUT2D eigenvalue weighted by Crippen LogP contribution is 2.33. The third kappa shape index (κ3) is 1.88. The Hall–Kier alpha value is -0.670. The van der Waals surface area contributed by atoms with E-state index in [2.05, 4.69) is 15.9 Å². The summed E-state index contributed by atoms with van der Waals surface area (Å²) in [6.45, 7) is 2.04. The van der Waals surface area contributed by atoms with Crippen molar-refractivity contribution in [2.45, 2.75) is 6.92 Å². The number of hydrogen-bond acceptors (Lipinski definition) is 1. The minimum atomic E-state index is -0.190. The van der Waals surface area contributed by atoms with Crippen molar-refractivity contribution in [2.24, 2.45) is 0 Å². The monoisotopic (exact) mass is 270 g/mol. The van der Waals surface area contributed by atoms with Crippen LogP contribution >= 0.6 is 27.3 Å². The van der Waals surface area contributed by atoms with Crippen molar-refractivity contribution in [3.63, 3.8) is 0 Å². The summed E-state index contributed by atoms with van der Waals surface area (Å²) in [5.41, 5.74) is 0.934. The fourth-order valence-corrected chi connectivity index (χ4v) is 2.78. The van der Waals surface area contributed by atoms with Crippen LogP contribution in [-0.2, 0) is 0 Å². The van der Waals surface area contributed by atoms with Crippen LogP contribution in [0.3, 0.4) is 0 Å². The van der Waals surface area contributed by atoms with E-state index in [0.717, 1.165) is 14.9 Å². The van der Waals surface area contributed by atoms with Crippen molar-refractivity contribution >= 4 is 27.3 Å². The van der Waals surface area contributed by atoms with E-state index in [0.29, 0.717) is 0 Å². The van der Waals surface area contributed by atoms with Gasteiger partial charge >= 0.3 is 0 Å². The van der Waals surface area contributed by atoms with Crippen LogP contribution in [0.2, 0.25) is 0 Å². The first-order valence-corrected chi connectivity index (χ1v) is 5.79. The molecule has 0 saturated carbocycles. The van der Waals surface area contributed by atoms with E-state index in [9.17, 15) is 4.39 Å². The Bertz CT molecular complexity index is 443. The van der Waals surface area contributed by atoms with Gasteiger partial charge in [-0.1, -0.05) is 12.1 Å². The first kappa shape index (κ1) is 9.87. The standard InChI is InChI=1S/C11H8BrFS/c1-7-10(12)6-11(14-7)8-3-2-4-9(13)5-8/h2-6H,1H3. The molecule has 0 amide bonds. The highest BCUT2D eigenvalue weighted by Gasteiger charge is 2.05. The average molecular weight is 271 g/mol. The van der Waals surface area contributed by atoms with Gasteiger partial charge in [0, 0.05) is 14.2 Å². The Kier molecular flexibility index (Phi) is 2.70. The molecule has 0 saturated heterocycles. The molecule has 1 aromatic heterocycles. The smallest absolute Gasteiger partial charge is 0.123 e. The minimum absolute atomic E-state index is 0.190. The number of thiophene rings is 1. The highest BCUT2D eigenvalue weighted by atomic mass is 79.9. The van der Waals surface area contributed by atoms with E-state index in [4.69, 9.17) is 0 Å². The summed E-state index contributed by atoms with van der Waals surface area (Å²) in [5, 5.41) is 0. The lowest BCUT2D eigenvalue weighted by molar-refractivity contribution is 0.628. The number of hydrogen-bond donors (Lipinski definition) is 0. The Labute approximate surface area is 94.5 Å². The largest absolute Gasteiger partial charge is 0.207 e. The summed E-state index contributed by atoms with van der Waals surface area (Å²) in [6.07, 6.45) is 0. The number of rotatable bonds is 1. The molecule has 2 aromatic rings. The van der Waals surface area contributed by atoms with Gasteiger partial charge in [0.2, 0.25) is 0 Å². The first-order valence-electron chi connectivity index (χ1n) is 4.18. The zero-order chi connectivity index (χ0) is 10.1. The molecule has 1 heterocycles. The van der Waals surface area contributed by atoms with Gasteiger partial charge in [-0.3, -0.25) is 0 Å². The molecule has 1 aromatic carbocycles. The van der Waals surface area contributed by atoms with E-state index in [-0.39, 0.29) is 5.82 Å². The van der Waals surface area contributed by atoms with Gasteiger partial charge in [0.1, 0.15) is 5.82 Å². The van der Waals surface area contributed by atoms with Crippen molar-refractivity contribution in [3.05, 3.63) is 45.5 Å². The molecule has 0 unspecified atom stereocenters. The number of halogens is 2. The van der Waals surface area contributed by atoms with E-state index in [1.54, 1.807) is 23.5 Å². The van der Waals surface area contributed by atoms with Gasteiger partial charge in [-0.25, -0.2) is 4.39 Å². The molecule has 3 heteroatoms. The predicted octanol–water partition coefficient (Wildman–Crippen LogP) is 4.63. The Morgan fingerprint density at radius 1 is 1.29 bits per heavy atom. The number of benzene rings is 1. The van der Waals surface area contributed by atoms with Gasteiger partial charge in [-0.05, 0) is 46.6 Å². The molecule has 0 N–H and O–H groups in total. The zero-order valence-electron chi connectivity index (χ0n) is 7.55. The maximum atomic E-state index is 13.0. The summed E-state index contributed by atoms with van der Waals surface area (Å²) in [4.78, 5) is 2.30. The first-order chi connectivity index (χ1) is 6.66. The fourth-order valence-electron chi connectivity index (χ4n) is 1.24. The lowest BCUT2D eigenvalue weighted by atomic mass is 10.2. The van der Waals surface area contributed by atoms with Gasteiger partial charge in [0.15, 0.2) is 0 Å². The van der Waals surface area contributed by atoms with Crippen molar-refractivity contribution in [3.8, 4) is 10.4 Å². The van der Waals surface area contributed by atoms with Crippen LogP contribution in [0.15, 0.2) is 34.8 Å². The molecule has 0 fully saturated rings. The Morgan fingerprint density at radius 3 is 2.64 bits per heavy atom. The fraction of sp³-hybridized carbons (Fsp3) is 0.0909. The van der Waals surface area contributed by atoms with Crippen LogP contribution in [0.1, 0.15) is 4.88 Å². The van der Waals surface area contributed by atoms with Crippen molar-refractivity contribution in [2.75, 3.05) is 0 Å². The molecule has 0 atom stereocenters. The molecule has 72 valence electrons. The summed E-state index contributed by atoms with van der Waals surface area (Å²) in [7, 11) is 0. The summed E-state index contributed by atoms with van der Waals surface area (Å²) >= 11 is 5.11. The molecular weight excluding hydrogens is 263 g/mol. The average Bonchev–Trinajstić information content (AvgIpc) is 2.47. The van der Waals surface area contributed by atoms with Crippen molar-refractivity contribution in [1.29, 1.82) is 0 Å². The van der Waals surface area contributed by atoms with Gasteiger partial charge in [-0.2, -0.15) is 0 Å². The van der Waals surface area contributed by atoms with E-state index in [1.807, 2.05) is 19.1 Å². The van der Waals surface area contributed by atoms with E-state index < -0.39 is 0 Å². The van der Waals surface area contributed by atoms with Crippen molar-refractivity contribution in [1.82, 2.24) is 0 Å². The molecule has 0 aliphatic carbocycles. The minimum Gasteiger partial charge on any atom is -0.207 e. The Balaban J connectivity index is 2.49. The SMILES string of the molecule is Cc1sc(-c2cccc(F)c2)cc1Br. The van der Waals surface area contributed by atoms with E-state index in [1.165, 1.54) is 10.9 Å². The normalized spacial score (nSPS) is 10.5. The molecule has 0 bridgehead atoms. The summed E-state index contributed by atoms with van der Waals surface area (Å²) in [5.74, 6) is -0.190. The lowest BCUT2D eigenvalue weighted by Gasteiger charge is -1.95. The maximum Gasteiger partial charge on any atom is 0.123 e. The molecule has 0 nitrogen and oxygen atoms in total. The van der Waals surface area contributed by atoms with Gasteiger partial charge in [-0.15, -0.1) is 11.3 Å². The second-order valence-corrected chi connectivity index (χ2v) is 5.14. The third-order valence-corrected chi connectivity index (χ3v) is 4.15. The molecule has 0 aliphatic heterocycles. The quantitative estimate of drug-likeness (QED) is 0.709. The molecule has 0 aliphatic rings. The maximum absolute atomic E-state index is 13.0.